The number of esters is 1. The summed E-state index contributed by atoms with van der Waals surface area (Å²) in [6.07, 6.45) is 7.93. The van der Waals surface area contributed by atoms with Crippen LogP contribution in [-0.4, -0.2) is 11.0 Å². The molecule has 0 atom stereocenters. The van der Waals surface area contributed by atoms with Crippen LogP contribution >= 0.6 is 0 Å². The van der Waals surface area contributed by atoms with Gasteiger partial charge in [0.05, 0.1) is 5.56 Å². The number of carbonyl (C=O) groups is 1. The third kappa shape index (κ3) is 2.45. The van der Waals surface area contributed by atoms with E-state index < -0.39 is 0 Å². The highest BCUT2D eigenvalue weighted by Crippen LogP contribution is 2.04. The lowest BCUT2D eigenvalue weighted by Gasteiger charge is -2.04. The van der Waals surface area contributed by atoms with Crippen molar-refractivity contribution in [3.63, 3.8) is 0 Å². The lowest BCUT2D eigenvalue weighted by molar-refractivity contribution is 0.0471. The number of hydrogen-bond acceptors (Lipinski definition) is 2. The Labute approximate surface area is 111 Å². The normalized spacial score (nSPS) is 13.1. The van der Waals surface area contributed by atoms with Crippen molar-refractivity contribution in [2.75, 3.05) is 0 Å². The van der Waals surface area contributed by atoms with Gasteiger partial charge in [0.2, 0.25) is 0 Å². The van der Waals surface area contributed by atoms with Crippen molar-refractivity contribution in [1.82, 2.24) is 4.98 Å². The molecule has 2 aromatic rings. The zero-order valence-corrected chi connectivity index (χ0v) is 10.6. The van der Waals surface area contributed by atoms with E-state index >= 15 is 0 Å². The van der Waals surface area contributed by atoms with E-state index in [1.807, 2.05) is 30.3 Å². The maximum Gasteiger partial charge on any atom is 0.340 e. The van der Waals surface area contributed by atoms with Crippen molar-refractivity contribution in [3.8, 4) is 0 Å². The SMILES string of the molecule is O=C(OCc1ccccc1)c1c[nH]c2c1=CCCC=2. The molecule has 0 radical (unpaired) electrons. The van der Waals surface area contributed by atoms with E-state index in [1.165, 1.54) is 0 Å². The molecule has 96 valence electrons. The second kappa shape index (κ2) is 5.14. The molecule has 1 N–H and O–H groups in total. The van der Waals surface area contributed by atoms with E-state index in [9.17, 15) is 4.79 Å². The van der Waals surface area contributed by atoms with Crippen LogP contribution in [0, 0.1) is 0 Å². The molecule has 1 aliphatic rings. The molecule has 1 aromatic heterocycles. The highest BCUT2D eigenvalue weighted by atomic mass is 16.5. The Morgan fingerprint density at radius 3 is 2.79 bits per heavy atom. The monoisotopic (exact) mass is 253 g/mol. The molecular formula is C16H15NO2. The van der Waals surface area contributed by atoms with Crippen LogP contribution in [-0.2, 0) is 11.3 Å². The van der Waals surface area contributed by atoms with Crippen LogP contribution in [0.15, 0.2) is 36.5 Å². The van der Waals surface area contributed by atoms with Crippen molar-refractivity contribution in [2.24, 2.45) is 0 Å². The van der Waals surface area contributed by atoms with Gasteiger partial charge in [-0.25, -0.2) is 4.79 Å². The van der Waals surface area contributed by atoms with E-state index in [-0.39, 0.29) is 5.97 Å². The van der Waals surface area contributed by atoms with Crippen LogP contribution in [0.3, 0.4) is 0 Å². The summed E-state index contributed by atoms with van der Waals surface area (Å²) in [7, 11) is 0. The fourth-order valence-corrected chi connectivity index (χ4v) is 2.26. The second-order valence-corrected chi connectivity index (χ2v) is 4.58. The smallest absolute Gasteiger partial charge is 0.340 e. The standard InChI is InChI=1S/C16H15NO2/c18-16(19-11-12-6-2-1-3-7-12)14-10-17-15-9-5-4-8-13(14)15/h1-3,6-10,17H,4-5,11H2. The number of rotatable bonds is 3. The topological polar surface area (TPSA) is 42.1 Å². The number of ether oxygens (including phenoxy) is 1. The van der Waals surface area contributed by atoms with Crippen molar-refractivity contribution >= 4 is 18.1 Å². The maximum atomic E-state index is 12.1. The zero-order valence-electron chi connectivity index (χ0n) is 10.6. The zero-order chi connectivity index (χ0) is 13.1. The highest BCUT2D eigenvalue weighted by Gasteiger charge is 2.12. The van der Waals surface area contributed by atoms with Gasteiger partial charge in [0.1, 0.15) is 6.61 Å². The first-order valence-electron chi connectivity index (χ1n) is 6.43. The predicted molar refractivity (Wildman–Crippen MR) is 73.8 cm³/mol. The quantitative estimate of drug-likeness (QED) is 0.846. The van der Waals surface area contributed by atoms with Gasteiger partial charge in [-0.1, -0.05) is 42.5 Å². The number of carbonyl (C=O) groups excluding carboxylic acids is 1. The predicted octanol–water partition coefficient (Wildman–Crippen LogP) is 1.73. The van der Waals surface area contributed by atoms with Crippen LogP contribution in [0.2, 0.25) is 0 Å². The first kappa shape index (κ1) is 11.8. The van der Waals surface area contributed by atoms with Crippen LogP contribution in [0.5, 0.6) is 0 Å². The van der Waals surface area contributed by atoms with Gasteiger partial charge < -0.3 is 9.72 Å². The average Bonchev–Trinajstić information content (AvgIpc) is 2.90. The Hall–Kier alpha value is -2.29. The third-order valence-electron chi connectivity index (χ3n) is 3.25. The lowest BCUT2D eigenvalue weighted by Crippen LogP contribution is -2.29. The van der Waals surface area contributed by atoms with Crippen LogP contribution in [0.1, 0.15) is 28.8 Å². The number of nitrogens with one attached hydrogen (secondary N) is 1. The van der Waals surface area contributed by atoms with Crippen molar-refractivity contribution in [3.05, 3.63) is 58.2 Å². The summed E-state index contributed by atoms with van der Waals surface area (Å²) in [6.45, 7) is 0.309. The number of benzene rings is 1. The van der Waals surface area contributed by atoms with Crippen LogP contribution in [0.25, 0.3) is 12.2 Å². The molecule has 3 heteroatoms. The minimum atomic E-state index is -0.270. The fraction of sp³-hybridized carbons (Fsp3) is 0.188. The summed E-state index contributed by atoms with van der Waals surface area (Å²) >= 11 is 0. The second-order valence-electron chi connectivity index (χ2n) is 4.58. The summed E-state index contributed by atoms with van der Waals surface area (Å²) < 4.78 is 5.35. The number of fused-ring (bicyclic) bond motifs is 1. The summed E-state index contributed by atoms with van der Waals surface area (Å²) in [5, 5.41) is 2.00. The number of hydrogen-bond donors (Lipinski definition) is 1. The van der Waals surface area contributed by atoms with E-state index in [2.05, 4.69) is 17.1 Å². The lowest BCUT2D eigenvalue weighted by atomic mass is 10.1. The van der Waals surface area contributed by atoms with Crippen molar-refractivity contribution in [1.29, 1.82) is 0 Å². The Bertz CT molecular complexity index is 698. The van der Waals surface area contributed by atoms with E-state index in [1.54, 1.807) is 6.20 Å². The largest absolute Gasteiger partial charge is 0.457 e. The molecule has 0 unspecified atom stereocenters. The van der Waals surface area contributed by atoms with Gasteiger partial charge >= 0.3 is 5.97 Å². The van der Waals surface area contributed by atoms with E-state index in [4.69, 9.17) is 4.74 Å². The molecule has 0 fully saturated rings. The molecule has 1 aliphatic carbocycles. The molecule has 0 saturated carbocycles. The van der Waals surface area contributed by atoms with Gasteiger partial charge in [-0.15, -0.1) is 0 Å². The molecule has 0 amide bonds. The van der Waals surface area contributed by atoms with Gasteiger partial charge in [0, 0.05) is 16.8 Å². The van der Waals surface area contributed by atoms with Gasteiger partial charge in [0.25, 0.3) is 0 Å². The number of H-pyrrole nitrogens is 1. The van der Waals surface area contributed by atoms with Gasteiger partial charge in [-0.3, -0.25) is 0 Å². The average molecular weight is 253 g/mol. The summed E-state index contributed by atoms with van der Waals surface area (Å²) in [5.41, 5.74) is 1.62. The summed E-state index contributed by atoms with van der Waals surface area (Å²) in [4.78, 5) is 15.2. The Balaban J connectivity index is 1.77. The van der Waals surface area contributed by atoms with Crippen LogP contribution in [0.4, 0.5) is 0 Å². The first-order chi connectivity index (χ1) is 9.34. The molecule has 0 saturated heterocycles. The van der Waals surface area contributed by atoms with Gasteiger partial charge in [-0.2, -0.15) is 0 Å². The maximum absolute atomic E-state index is 12.1. The highest BCUT2D eigenvalue weighted by molar-refractivity contribution is 5.89. The number of aromatic nitrogens is 1. The van der Waals surface area contributed by atoms with E-state index in [0.717, 1.165) is 29.0 Å². The molecular weight excluding hydrogens is 238 g/mol. The van der Waals surface area contributed by atoms with E-state index in [0.29, 0.717) is 12.2 Å². The van der Waals surface area contributed by atoms with Gasteiger partial charge in [-0.05, 0) is 18.4 Å². The molecule has 0 aliphatic heterocycles. The molecule has 1 heterocycles. The van der Waals surface area contributed by atoms with Crippen LogP contribution < -0.4 is 10.6 Å². The first-order valence-corrected chi connectivity index (χ1v) is 6.43. The molecule has 3 rings (SSSR count). The minimum absolute atomic E-state index is 0.270. The van der Waals surface area contributed by atoms with Gasteiger partial charge in [0.15, 0.2) is 0 Å². The molecule has 0 bridgehead atoms. The Morgan fingerprint density at radius 2 is 1.95 bits per heavy atom. The summed E-state index contributed by atoms with van der Waals surface area (Å²) in [6, 6.07) is 9.70. The third-order valence-corrected chi connectivity index (χ3v) is 3.25. The minimum Gasteiger partial charge on any atom is -0.457 e. The molecule has 3 nitrogen and oxygen atoms in total. The van der Waals surface area contributed by atoms with Crippen molar-refractivity contribution < 1.29 is 9.53 Å². The number of aromatic amines is 1. The molecule has 1 aromatic carbocycles. The molecule has 0 spiro atoms. The molecule has 19 heavy (non-hydrogen) atoms. The Kier molecular flexibility index (Phi) is 3.19. The van der Waals surface area contributed by atoms with Crippen molar-refractivity contribution in [2.45, 2.75) is 19.4 Å². The Morgan fingerprint density at radius 1 is 1.16 bits per heavy atom. The summed E-state index contributed by atoms with van der Waals surface area (Å²) in [5.74, 6) is -0.270. The fourth-order valence-electron chi connectivity index (χ4n) is 2.26.